The third kappa shape index (κ3) is 3.18. The molecule has 110 valence electrons. The van der Waals surface area contributed by atoms with Crippen molar-refractivity contribution < 1.29 is 8.78 Å². The third-order valence-electron chi connectivity index (χ3n) is 4.57. The molecular weight excluding hydrogens is 258 g/mol. The Morgan fingerprint density at radius 3 is 2.45 bits per heavy atom. The lowest BCUT2D eigenvalue weighted by Gasteiger charge is -2.33. The minimum atomic E-state index is -0.483. The van der Waals surface area contributed by atoms with Crippen LogP contribution >= 0.6 is 0 Å². The van der Waals surface area contributed by atoms with Crippen LogP contribution in [0.25, 0.3) is 0 Å². The SMILES string of the molecule is Fc1cc(F)cc(CN2CCCNC3(CCCC3)C2)c1. The van der Waals surface area contributed by atoms with Crippen molar-refractivity contribution in [3.05, 3.63) is 35.4 Å². The summed E-state index contributed by atoms with van der Waals surface area (Å²) < 4.78 is 26.6. The van der Waals surface area contributed by atoms with E-state index in [2.05, 4.69) is 10.2 Å². The van der Waals surface area contributed by atoms with Crippen molar-refractivity contribution in [3.8, 4) is 0 Å². The molecule has 2 nitrogen and oxygen atoms in total. The van der Waals surface area contributed by atoms with Gasteiger partial charge in [0.15, 0.2) is 0 Å². The number of hydrogen-bond donors (Lipinski definition) is 1. The van der Waals surface area contributed by atoms with E-state index < -0.39 is 11.6 Å². The van der Waals surface area contributed by atoms with Gasteiger partial charge in [0.1, 0.15) is 11.6 Å². The maximum atomic E-state index is 13.3. The molecule has 1 aromatic rings. The fourth-order valence-corrected chi connectivity index (χ4v) is 3.70. The monoisotopic (exact) mass is 280 g/mol. The molecule has 0 atom stereocenters. The number of benzene rings is 1. The van der Waals surface area contributed by atoms with E-state index in [0.29, 0.717) is 6.54 Å². The van der Waals surface area contributed by atoms with Crippen molar-refractivity contribution in [2.24, 2.45) is 0 Å². The number of nitrogens with one attached hydrogen (secondary N) is 1. The molecule has 1 N–H and O–H groups in total. The number of hydrogen-bond acceptors (Lipinski definition) is 2. The van der Waals surface area contributed by atoms with Crippen LogP contribution in [0.1, 0.15) is 37.7 Å². The van der Waals surface area contributed by atoms with Crippen LogP contribution < -0.4 is 5.32 Å². The van der Waals surface area contributed by atoms with Gasteiger partial charge in [0.25, 0.3) is 0 Å². The first kappa shape index (κ1) is 14.0. The summed E-state index contributed by atoms with van der Waals surface area (Å²) >= 11 is 0. The summed E-state index contributed by atoms with van der Waals surface area (Å²) in [5.41, 5.74) is 0.972. The maximum absolute atomic E-state index is 13.3. The van der Waals surface area contributed by atoms with Crippen molar-refractivity contribution in [3.63, 3.8) is 0 Å². The molecule has 1 aromatic carbocycles. The van der Waals surface area contributed by atoms with Crippen LogP contribution in [0.4, 0.5) is 8.78 Å². The average molecular weight is 280 g/mol. The second-order valence-electron chi connectivity index (χ2n) is 6.26. The number of halogens is 2. The van der Waals surface area contributed by atoms with E-state index in [1.165, 1.54) is 37.8 Å². The standard InChI is InChI=1S/C16H22F2N2/c17-14-8-13(9-15(18)10-14)11-20-7-3-6-19-16(12-20)4-1-2-5-16/h8-10,19H,1-7,11-12H2. The van der Waals surface area contributed by atoms with Gasteiger partial charge < -0.3 is 5.32 Å². The fourth-order valence-electron chi connectivity index (χ4n) is 3.70. The van der Waals surface area contributed by atoms with Crippen molar-refractivity contribution in [2.45, 2.75) is 44.2 Å². The molecule has 20 heavy (non-hydrogen) atoms. The molecular formula is C16H22F2N2. The van der Waals surface area contributed by atoms with Gasteiger partial charge in [0, 0.05) is 24.7 Å². The molecule has 0 aromatic heterocycles. The average Bonchev–Trinajstić information content (AvgIpc) is 2.72. The van der Waals surface area contributed by atoms with Crippen LogP contribution in [0.2, 0.25) is 0 Å². The van der Waals surface area contributed by atoms with Crippen molar-refractivity contribution in [1.29, 1.82) is 0 Å². The highest BCUT2D eigenvalue weighted by molar-refractivity contribution is 5.18. The summed E-state index contributed by atoms with van der Waals surface area (Å²) in [4.78, 5) is 2.35. The molecule has 1 heterocycles. The summed E-state index contributed by atoms with van der Waals surface area (Å²) in [6, 6.07) is 3.83. The minimum Gasteiger partial charge on any atom is -0.310 e. The van der Waals surface area contributed by atoms with Gasteiger partial charge in [-0.3, -0.25) is 4.90 Å². The summed E-state index contributed by atoms with van der Waals surface area (Å²) in [6.07, 6.45) is 6.12. The van der Waals surface area contributed by atoms with Crippen LogP contribution in [0, 0.1) is 11.6 Å². The Morgan fingerprint density at radius 1 is 1.05 bits per heavy atom. The van der Waals surface area contributed by atoms with Crippen LogP contribution in [-0.2, 0) is 6.54 Å². The van der Waals surface area contributed by atoms with Gasteiger partial charge >= 0.3 is 0 Å². The molecule has 1 aliphatic heterocycles. The normalized spacial score (nSPS) is 23.1. The Balaban J connectivity index is 1.72. The zero-order valence-electron chi connectivity index (χ0n) is 11.8. The van der Waals surface area contributed by atoms with Crippen LogP contribution in [0.5, 0.6) is 0 Å². The molecule has 2 aliphatic rings. The van der Waals surface area contributed by atoms with Crippen molar-refractivity contribution in [2.75, 3.05) is 19.6 Å². The van der Waals surface area contributed by atoms with Gasteiger partial charge in [-0.25, -0.2) is 8.78 Å². The number of rotatable bonds is 2. The minimum absolute atomic E-state index is 0.238. The third-order valence-corrected chi connectivity index (χ3v) is 4.57. The van der Waals surface area contributed by atoms with Gasteiger partial charge in [-0.15, -0.1) is 0 Å². The first-order valence-corrected chi connectivity index (χ1v) is 7.58. The highest BCUT2D eigenvalue weighted by Crippen LogP contribution is 2.32. The molecule has 0 bridgehead atoms. The Labute approximate surface area is 119 Å². The van der Waals surface area contributed by atoms with Crippen molar-refractivity contribution >= 4 is 0 Å². The van der Waals surface area contributed by atoms with E-state index in [9.17, 15) is 8.78 Å². The van der Waals surface area contributed by atoms with Gasteiger partial charge in [-0.2, -0.15) is 0 Å². The smallest absolute Gasteiger partial charge is 0.126 e. The quantitative estimate of drug-likeness (QED) is 0.895. The molecule has 0 unspecified atom stereocenters. The Bertz CT molecular complexity index is 449. The fraction of sp³-hybridized carbons (Fsp3) is 0.625. The molecule has 1 spiro atoms. The van der Waals surface area contributed by atoms with Crippen LogP contribution in [-0.4, -0.2) is 30.1 Å². The Hall–Kier alpha value is -1.00. The Morgan fingerprint density at radius 2 is 1.75 bits per heavy atom. The maximum Gasteiger partial charge on any atom is 0.126 e. The highest BCUT2D eigenvalue weighted by atomic mass is 19.1. The van der Waals surface area contributed by atoms with E-state index in [1.54, 1.807) is 0 Å². The largest absolute Gasteiger partial charge is 0.310 e. The topological polar surface area (TPSA) is 15.3 Å². The van der Waals surface area contributed by atoms with E-state index in [-0.39, 0.29) is 5.54 Å². The molecule has 1 saturated heterocycles. The van der Waals surface area contributed by atoms with E-state index >= 15 is 0 Å². The molecule has 3 rings (SSSR count). The summed E-state index contributed by atoms with van der Waals surface area (Å²) in [6.45, 7) is 3.67. The van der Waals surface area contributed by atoms with E-state index in [4.69, 9.17) is 0 Å². The highest BCUT2D eigenvalue weighted by Gasteiger charge is 2.36. The first-order chi connectivity index (χ1) is 9.65. The van der Waals surface area contributed by atoms with E-state index in [0.717, 1.165) is 37.7 Å². The van der Waals surface area contributed by atoms with Gasteiger partial charge in [0.05, 0.1) is 0 Å². The lowest BCUT2D eigenvalue weighted by molar-refractivity contribution is 0.203. The predicted molar refractivity (Wildman–Crippen MR) is 75.5 cm³/mol. The van der Waals surface area contributed by atoms with Crippen LogP contribution in [0.3, 0.4) is 0 Å². The lowest BCUT2D eigenvalue weighted by atomic mass is 9.97. The van der Waals surface area contributed by atoms with Gasteiger partial charge in [-0.05, 0) is 50.0 Å². The van der Waals surface area contributed by atoms with E-state index in [1.807, 2.05) is 0 Å². The second kappa shape index (κ2) is 5.78. The molecule has 1 saturated carbocycles. The van der Waals surface area contributed by atoms with Crippen molar-refractivity contribution in [1.82, 2.24) is 10.2 Å². The van der Waals surface area contributed by atoms with Gasteiger partial charge in [-0.1, -0.05) is 12.8 Å². The zero-order chi connectivity index (χ0) is 14.0. The first-order valence-electron chi connectivity index (χ1n) is 7.58. The van der Waals surface area contributed by atoms with Gasteiger partial charge in [0.2, 0.25) is 0 Å². The summed E-state index contributed by atoms with van der Waals surface area (Å²) in [5, 5.41) is 3.71. The summed E-state index contributed by atoms with van der Waals surface area (Å²) in [5.74, 6) is -0.966. The Kier molecular flexibility index (Phi) is 4.03. The molecule has 2 fully saturated rings. The summed E-state index contributed by atoms with van der Waals surface area (Å²) in [7, 11) is 0. The van der Waals surface area contributed by atoms with Crippen LogP contribution in [0.15, 0.2) is 18.2 Å². The number of nitrogens with zero attached hydrogens (tertiary/aromatic N) is 1. The molecule has 0 amide bonds. The lowest BCUT2D eigenvalue weighted by Crippen LogP contribution is -2.49. The zero-order valence-corrected chi connectivity index (χ0v) is 11.8. The predicted octanol–water partition coefficient (Wildman–Crippen LogP) is 3.07. The molecule has 1 aliphatic carbocycles. The molecule has 0 radical (unpaired) electrons. The second-order valence-corrected chi connectivity index (χ2v) is 6.26. The molecule has 4 heteroatoms.